The SMILES string of the molecule is CC1(C)c2ccccc2-c2ccc(N(c3ccccc3)c3ccc(-c4ccc5c(c4)C4(c6cc(-c7ccccc7)ccc6-5)c5ccccc5-c5c4ccc4sc6ccccc6c54)cc3)cc21.c1ccc(-c2ccc(N(c3ccc(-c4ccc(-n5c6ccccc6c6ccccc65)cc4)cc3)c3ccc4c(c3)C3(c5ccccc5-4)c4ccccc4-c4c3ccc3oc5ccccc5c43)cc2)cc1. The minimum absolute atomic E-state index is 0.0916. The number of thiophene rings is 1. The van der Waals surface area contributed by atoms with Crippen molar-refractivity contribution in [3.8, 4) is 106 Å². The second-order valence-electron chi connectivity index (χ2n) is 37.5. The van der Waals surface area contributed by atoms with Crippen molar-refractivity contribution in [2.24, 2.45) is 0 Å². The smallest absolute Gasteiger partial charge is 0.136 e. The monoisotopic (exact) mass is 1750 g/mol. The Morgan fingerprint density at radius 1 is 0.213 bits per heavy atom. The topological polar surface area (TPSA) is 24.6 Å². The highest BCUT2D eigenvalue weighted by atomic mass is 32.1. The summed E-state index contributed by atoms with van der Waals surface area (Å²) in [5.74, 6) is 0. The maximum absolute atomic E-state index is 6.55. The highest BCUT2D eigenvalue weighted by Gasteiger charge is 2.55. The Balaban J connectivity index is 0.000000135. The molecule has 29 rings (SSSR count). The third-order valence-electron chi connectivity index (χ3n) is 30.3. The summed E-state index contributed by atoms with van der Waals surface area (Å²) in [6, 6.07) is 178. The van der Waals surface area contributed by atoms with Gasteiger partial charge in [-0.25, -0.2) is 0 Å². The maximum atomic E-state index is 6.55. The molecule has 3 heterocycles. The first-order valence-electron chi connectivity index (χ1n) is 47.2. The Hall–Kier alpha value is -17.0. The first-order valence-corrected chi connectivity index (χ1v) is 48.1. The lowest BCUT2D eigenvalue weighted by Crippen LogP contribution is -2.26. The first-order chi connectivity index (χ1) is 67.2. The van der Waals surface area contributed by atoms with E-state index < -0.39 is 10.8 Å². The number of benzene rings is 21. The average Bonchev–Trinajstić information content (AvgIpc) is 1.50. The maximum Gasteiger partial charge on any atom is 0.136 e. The highest BCUT2D eigenvalue weighted by Crippen LogP contribution is 2.68. The van der Waals surface area contributed by atoms with Gasteiger partial charge in [0.05, 0.1) is 21.9 Å². The third kappa shape index (κ3) is 11.3. The number of nitrogens with zero attached hydrogens (tertiary/aromatic N) is 3. The summed E-state index contributed by atoms with van der Waals surface area (Å²) in [4.78, 5) is 4.83. The molecule has 5 aliphatic rings. The van der Waals surface area contributed by atoms with Crippen LogP contribution in [0.4, 0.5) is 34.1 Å². The summed E-state index contributed by atoms with van der Waals surface area (Å²) in [5, 5.41) is 7.57. The van der Waals surface area contributed by atoms with Gasteiger partial charge in [0.15, 0.2) is 0 Å². The van der Waals surface area contributed by atoms with Crippen LogP contribution in [0, 0.1) is 0 Å². The summed E-state index contributed by atoms with van der Waals surface area (Å²) in [6.07, 6.45) is 0. The molecule has 2 spiro atoms. The molecular formula is C131H85N3OS. The van der Waals surface area contributed by atoms with Crippen molar-refractivity contribution in [3.05, 3.63) is 535 Å². The Labute approximate surface area is 793 Å². The quantitative estimate of drug-likeness (QED) is 0.129. The van der Waals surface area contributed by atoms with E-state index in [0.29, 0.717) is 0 Å². The number of para-hydroxylation sites is 4. The van der Waals surface area contributed by atoms with Gasteiger partial charge in [0.1, 0.15) is 11.2 Å². The molecule has 0 N–H and O–H groups in total. The zero-order valence-corrected chi connectivity index (χ0v) is 75.6. The van der Waals surface area contributed by atoms with Crippen LogP contribution in [0.5, 0.6) is 0 Å². The summed E-state index contributed by atoms with van der Waals surface area (Å²) < 4.78 is 11.6. The number of rotatable bonds is 11. The van der Waals surface area contributed by atoms with Crippen molar-refractivity contribution in [1.82, 2.24) is 4.57 Å². The Kier molecular flexibility index (Phi) is 17.2. The fourth-order valence-corrected chi connectivity index (χ4v) is 25.5. The van der Waals surface area contributed by atoms with E-state index in [1.807, 2.05) is 11.3 Å². The molecule has 24 aromatic rings. The van der Waals surface area contributed by atoms with E-state index in [1.54, 1.807) is 0 Å². The summed E-state index contributed by atoms with van der Waals surface area (Å²) in [5.41, 5.74) is 47.0. The lowest BCUT2D eigenvalue weighted by Gasteiger charge is -2.32. The normalized spacial score (nSPS) is 15.0. The second-order valence-corrected chi connectivity index (χ2v) is 38.6. The van der Waals surface area contributed by atoms with Crippen LogP contribution in [-0.2, 0) is 16.2 Å². The van der Waals surface area contributed by atoms with Crippen molar-refractivity contribution >= 4 is 109 Å². The molecule has 136 heavy (non-hydrogen) atoms. The fraction of sp³-hybridized carbons (Fsp3) is 0.0382. The highest BCUT2D eigenvalue weighted by molar-refractivity contribution is 7.26. The van der Waals surface area contributed by atoms with Crippen LogP contribution in [-0.4, -0.2) is 4.57 Å². The Morgan fingerprint density at radius 2 is 0.566 bits per heavy atom. The molecule has 0 amide bonds. The number of anilines is 6. The van der Waals surface area contributed by atoms with E-state index in [-0.39, 0.29) is 5.41 Å². The van der Waals surface area contributed by atoms with E-state index >= 15 is 0 Å². The molecule has 0 fully saturated rings. The molecular weight excluding hydrogens is 1660 g/mol. The molecule has 0 radical (unpaired) electrons. The predicted molar refractivity (Wildman–Crippen MR) is 569 cm³/mol. The van der Waals surface area contributed by atoms with Crippen LogP contribution in [0.2, 0.25) is 0 Å². The zero-order valence-electron chi connectivity index (χ0n) is 74.8. The van der Waals surface area contributed by atoms with Crippen LogP contribution in [0.1, 0.15) is 69.5 Å². The van der Waals surface area contributed by atoms with Crippen molar-refractivity contribution in [1.29, 1.82) is 0 Å². The summed E-state index contributed by atoms with van der Waals surface area (Å²) in [6.45, 7) is 4.72. The minimum atomic E-state index is -0.543. The molecule has 5 heteroatoms. The predicted octanol–water partition coefficient (Wildman–Crippen LogP) is 35.3. The van der Waals surface area contributed by atoms with Crippen molar-refractivity contribution < 1.29 is 4.42 Å². The molecule has 3 aromatic heterocycles. The largest absolute Gasteiger partial charge is 0.456 e. The molecule has 4 nitrogen and oxygen atoms in total. The molecule has 5 aliphatic carbocycles. The lowest BCUT2D eigenvalue weighted by molar-refractivity contribution is 0.660. The van der Waals surface area contributed by atoms with Gasteiger partial charge in [0, 0.05) is 86.9 Å². The van der Waals surface area contributed by atoms with Gasteiger partial charge in [-0.05, 0) is 289 Å². The number of aromatic nitrogens is 1. The standard InChI is InChI=1S/C67H42N2O.C64H43NS/c1-2-14-43(15-3-1)44-26-32-47(33-27-44)68(48-34-28-45(29-35-48)46-30-36-49(37-31-46)69-61-23-11-6-17-53(61)54-18-7-12-24-62(54)69)50-38-39-52-51-16-4-9-21-57(51)67(60(52)42-50)58-22-10-5-19-55(58)65-59(67)40-41-64-66(65)56-20-8-13-25-63(56)70-64;1-63(2)53-22-12-9-19-47(53)48-34-31-46(39-56(48)63)65(44-17-7-4-8-18-44)45-29-25-41(26-30-45)43-28-33-50-49-32-27-42(40-15-5-3-6-16-40)37-57(49)64(58(50)38-43)54-23-13-10-20-51(54)61-55(64)35-36-60-62(61)52-21-11-14-24-59(52)66-60/h1-42H;3-39H,1-2H3. The summed E-state index contributed by atoms with van der Waals surface area (Å²) in [7, 11) is 0. The molecule has 0 aliphatic heterocycles. The molecule has 636 valence electrons. The van der Waals surface area contributed by atoms with Crippen LogP contribution in [0.15, 0.2) is 484 Å². The van der Waals surface area contributed by atoms with Gasteiger partial charge in [0.2, 0.25) is 0 Å². The molecule has 0 bridgehead atoms. The fourth-order valence-electron chi connectivity index (χ4n) is 24.4. The van der Waals surface area contributed by atoms with Crippen LogP contribution >= 0.6 is 11.3 Å². The number of fused-ring (bicyclic) bond motifs is 34. The molecule has 2 unspecified atom stereocenters. The molecule has 0 saturated heterocycles. The van der Waals surface area contributed by atoms with Gasteiger partial charge in [-0.3, -0.25) is 0 Å². The summed E-state index contributed by atoms with van der Waals surface area (Å²) >= 11 is 1.90. The zero-order chi connectivity index (χ0) is 89.6. The second kappa shape index (κ2) is 30.0. The Morgan fingerprint density at radius 3 is 1.12 bits per heavy atom. The van der Waals surface area contributed by atoms with E-state index in [2.05, 4.69) is 507 Å². The minimum Gasteiger partial charge on any atom is -0.456 e. The number of furan rings is 1. The molecule has 0 saturated carbocycles. The van der Waals surface area contributed by atoms with Gasteiger partial charge in [0.25, 0.3) is 0 Å². The van der Waals surface area contributed by atoms with Crippen LogP contribution < -0.4 is 9.80 Å². The van der Waals surface area contributed by atoms with Gasteiger partial charge < -0.3 is 18.8 Å². The van der Waals surface area contributed by atoms with Crippen LogP contribution in [0.3, 0.4) is 0 Å². The number of hydrogen-bond donors (Lipinski definition) is 0. The van der Waals surface area contributed by atoms with E-state index in [9.17, 15) is 0 Å². The van der Waals surface area contributed by atoms with Crippen molar-refractivity contribution in [3.63, 3.8) is 0 Å². The van der Waals surface area contributed by atoms with Gasteiger partial charge in [-0.2, -0.15) is 0 Å². The van der Waals surface area contributed by atoms with E-state index in [0.717, 1.165) is 61.9 Å². The molecule has 21 aromatic carbocycles. The third-order valence-corrected chi connectivity index (χ3v) is 31.5. The van der Waals surface area contributed by atoms with Crippen molar-refractivity contribution in [2.75, 3.05) is 9.80 Å². The van der Waals surface area contributed by atoms with Gasteiger partial charge >= 0.3 is 0 Å². The molecule has 2 atom stereocenters. The average molecular weight is 1750 g/mol. The lowest BCUT2D eigenvalue weighted by atomic mass is 9.70. The van der Waals surface area contributed by atoms with Gasteiger partial charge in [-0.15, -0.1) is 11.3 Å². The Bertz CT molecular complexity index is 9000. The van der Waals surface area contributed by atoms with Gasteiger partial charge in [-0.1, -0.05) is 360 Å². The first kappa shape index (κ1) is 77.8. The van der Waals surface area contributed by atoms with Crippen LogP contribution in [0.25, 0.3) is 170 Å². The number of hydrogen-bond acceptors (Lipinski definition) is 4. The van der Waals surface area contributed by atoms with E-state index in [4.69, 9.17) is 4.42 Å². The van der Waals surface area contributed by atoms with E-state index in [1.165, 1.54) is 198 Å². The van der Waals surface area contributed by atoms with Crippen molar-refractivity contribution in [2.45, 2.75) is 30.1 Å².